The summed E-state index contributed by atoms with van der Waals surface area (Å²) < 4.78 is 10.0. The lowest BCUT2D eigenvalue weighted by atomic mass is 9.81. The first-order valence-corrected chi connectivity index (χ1v) is 8.24. The van der Waals surface area contributed by atoms with Gasteiger partial charge < -0.3 is 9.47 Å². The van der Waals surface area contributed by atoms with Crippen molar-refractivity contribution in [3.63, 3.8) is 0 Å². The Morgan fingerprint density at radius 2 is 1.91 bits per heavy atom. The molecule has 1 heterocycles. The fraction of sp³-hybridized carbons (Fsp3) is 0.632. The lowest BCUT2D eigenvalue weighted by Crippen LogP contribution is -2.19. The standard InChI is InChI=1S/C12H16O.C7H14O2/c1-12(2,8-11-9-13-11)10-6-4-3-5-7-10;1-4-6(3)7(8)9-5-2/h3-7,11H,8-9H2,1-2H3;6H,4-5H2,1-3H3. The van der Waals surface area contributed by atoms with Crippen LogP contribution in [0.2, 0.25) is 0 Å². The maximum Gasteiger partial charge on any atom is 0.308 e. The Morgan fingerprint density at radius 3 is 2.36 bits per heavy atom. The van der Waals surface area contributed by atoms with Gasteiger partial charge in [-0.15, -0.1) is 0 Å². The molecule has 0 bridgehead atoms. The zero-order valence-electron chi connectivity index (χ0n) is 14.6. The molecule has 1 fully saturated rings. The number of hydrogen-bond acceptors (Lipinski definition) is 3. The Labute approximate surface area is 135 Å². The Bertz CT molecular complexity index is 435. The monoisotopic (exact) mass is 306 g/mol. The Morgan fingerprint density at radius 1 is 1.32 bits per heavy atom. The second kappa shape index (κ2) is 8.94. The van der Waals surface area contributed by atoms with Gasteiger partial charge in [0, 0.05) is 0 Å². The second-order valence-electron chi connectivity index (χ2n) is 6.47. The highest BCUT2D eigenvalue weighted by atomic mass is 16.6. The van der Waals surface area contributed by atoms with Gasteiger partial charge in [-0.1, -0.05) is 58.0 Å². The fourth-order valence-corrected chi connectivity index (χ4v) is 2.21. The van der Waals surface area contributed by atoms with Crippen LogP contribution in [0.15, 0.2) is 30.3 Å². The molecule has 0 N–H and O–H groups in total. The molecule has 0 aromatic heterocycles. The van der Waals surface area contributed by atoms with Crippen molar-refractivity contribution in [2.75, 3.05) is 13.2 Å². The summed E-state index contributed by atoms with van der Waals surface area (Å²) in [6, 6.07) is 10.7. The van der Waals surface area contributed by atoms with Crippen LogP contribution < -0.4 is 0 Å². The zero-order chi connectivity index (χ0) is 16.6. The molecule has 22 heavy (non-hydrogen) atoms. The van der Waals surface area contributed by atoms with E-state index in [0.717, 1.165) is 19.4 Å². The average Bonchev–Trinajstić information content (AvgIpc) is 3.31. The van der Waals surface area contributed by atoms with Crippen LogP contribution in [-0.2, 0) is 19.7 Å². The number of rotatable bonds is 6. The minimum absolute atomic E-state index is 0.0601. The average molecular weight is 306 g/mol. The molecule has 1 aliphatic heterocycles. The summed E-state index contributed by atoms with van der Waals surface area (Å²) in [5.74, 6) is -0.0232. The van der Waals surface area contributed by atoms with Crippen molar-refractivity contribution in [3.8, 4) is 0 Å². The number of epoxide rings is 1. The van der Waals surface area contributed by atoms with E-state index in [1.54, 1.807) is 0 Å². The van der Waals surface area contributed by atoms with Crippen LogP contribution in [0.5, 0.6) is 0 Å². The third kappa shape index (κ3) is 6.61. The molecule has 0 spiro atoms. The van der Waals surface area contributed by atoms with Crippen LogP contribution >= 0.6 is 0 Å². The van der Waals surface area contributed by atoms with Gasteiger partial charge in [-0.25, -0.2) is 0 Å². The predicted molar refractivity (Wildman–Crippen MR) is 89.9 cm³/mol. The summed E-state index contributed by atoms with van der Waals surface area (Å²) in [6.45, 7) is 11.7. The highest BCUT2D eigenvalue weighted by molar-refractivity contribution is 5.71. The van der Waals surface area contributed by atoms with Gasteiger partial charge in [-0.3, -0.25) is 4.79 Å². The molecule has 0 saturated carbocycles. The lowest BCUT2D eigenvalue weighted by molar-refractivity contribution is -0.147. The molecule has 0 amide bonds. The highest BCUT2D eigenvalue weighted by Crippen LogP contribution is 2.32. The predicted octanol–water partition coefficient (Wildman–Crippen LogP) is 4.35. The lowest BCUT2D eigenvalue weighted by Gasteiger charge is -2.24. The van der Waals surface area contributed by atoms with E-state index >= 15 is 0 Å². The topological polar surface area (TPSA) is 38.8 Å². The number of benzene rings is 1. The van der Waals surface area contributed by atoms with E-state index in [9.17, 15) is 4.79 Å². The SMILES string of the molecule is CC(C)(CC1CO1)c1ccccc1.CCOC(=O)C(C)CC. The molecular weight excluding hydrogens is 276 g/mol. The molecule has 2 atom stereocenters. The van der Waals surface area contributed by atoms with Gasteiger partial charge in [-0.05, 0) is 30.7 Å². The van der Waals surface area contributed by atoms with Crippen molar-refractivity contribution in [2.45, 2.75) is 59.0 Å². The first-order chi connectivity index (χ1) is 10.4. The van der Waals surface area contributed by atoms with Crippen molar-refractivity contribution < 1.29 is 14.3 Å². The third-order valence-electron chi connectivity index (χ3n) is 4.00. The van der Waals surface area contributed by atoms with Crippen LogP contribution in [0.4, 0.5) is 0 Å². The Hall–Kier alpha value is -1.35. The van der Waals surface area contributed by atoms with Crippen LogP contribution in [0, 0.1) is 5.92 Å². The van der Waals surface area contributed by atoms with Crippen LogP contribution in [0.1, 0.15) is 53.0 Å². The van der Waals surface area contributed by atoms with Crippen molar-refractivity contribution in [1.82, 2.24) is 0 Å². The van der Waals surface area contributed by atoms with Gasteiger partial charge >= 0.3 is 5.97 Å². The van der Waals surface area contributed by atoms with Gasteiger partial charge in [-0.2, -0.15) is 0 Å². The summed E-state index contributed by atoms with van der Waals surface area (Å²) in [4.78, 5) is 10.8. The molecule has 1 aromatic carbocycles. The van der Waals surface area contributed by atoms with Crippen LogP contribution in [0.3, 0.4) is 0 Å². The molecular formula is C19H30O3. The minimum Gasteiger partial charge on any atom is -0.466 e. The maximum atomic E-state index is 10.8. The summed E-state index contributed by atoms with van der Waals surface area (Å²) in [5, 5.41) is 0. The highest BCUT2D eigenvalue weighted by Gasteiger charge is 2.32. The number of ether oxygens (including phenoxy) is 2. The zero-order valence-corrected chi connectivity index (χ0v) is 14.6. The Kier molecular flexibility index (Phi) is 7.60. The molecule has 2 rings (SSSR count). The van der Waals surface area contributed by atoms with E-state index < -0.39 is 0 Å². The largest absolute Gasteiger partial charge is 0.466 e. The molecule has 3 nitrogen and oxygen atoms in total. The van der Waals surface area contributed by atoms with E-state index in [-0.39, 0.29) is 17.3 Å². The molecule has 124 valence electrons. The molecule has 0 aliphatic carbocycles. The van der Waals surface area contributed by atoms with Gasteiger partial charge in [0.05, 0.1) is 25.2 Å². The summed E-state index contributed by atoms with van der Waals surface area (Å²) in [7, 11) is 0. The molecule has 0 radical (unpaired) electrons. The summed E-state index contributed by atoms with van der Waals surface area (Å²) in [6.07, 6.45) is 2.51. The quantitative estimate of drug-likeness (QED) is 0.579. The van der Waals surface area contributed by atoms with Crippen LogP contribution in [-0.4, -0.2) is 25.3 Å². The molecule has 2 unspecified atom stereocenters. The number of carbonyl (C=O) groups excluding carboxylic acids is 1. The number of esters is 1. The molecule has 1 saturated heterocycles. The van der Waals surface area contributed by atoms with E-state index in [1.165, 1.54) is 5.56 Å². The number of carbonyl (C=O) groups is 1. The van der Waals surface area contributed by atoms with Crippen molar-refractivity contribution in [2.24, 2.45) is 5.92 Å². The summed E-state index contributed by atoms with van der Waals surface area (Å²) >= 11 is 0. The van der Waals surface area contributed by atoms with Crippen molar-refractivity contribution in [3.05, 3.63) is 35.9 Å². The third-order valence-corrected chi connectivity index (χ3v) is 4.00. The molecule has 3 heteroatoms. The minimum atomic E-state index is -0.0833. The van der Waals surface area contributed by atoms with Gasteiger partial charge in [0.2, 0.25) is 0 Å². The van der Waals surface area contributed by atoms with E-state index in [1.807, 2.05) is 20.8 Å². The summed E-state index contributed by atoms with van der Waals surface area (Å²) in [5.41, 5.74) is 1.66. The number of hydrogen-bond donors (Lipinski definition) is 0. The van der Waals surface area contributed by atoms with E-state index in [2.05, 4.69) is 44.2 Å². The maximum absolute atomic E-state index is 10.8. The van der Waals surface area contributed by atoms with E-state index in [0.29, 0.717) is 12.7 Å². The van der Waals surface area contributed by atoms with E-state index in [4.69, 9.17) is 9.47 Å². The smallest absolute Gasteiger partial charge is 0.308 e. The fourth-order valence-electron chi connectivity index (χ4n) is 2.21. The van der Waals surface area contributed by atoms with Crippen molar-refractivity contribution in [1.29, 1.82) is 0 Å². The first-order valence-electron chi connectivity index (χ1n) is 8.24. The molecule has 1 aromatic rings. The van der Waals surface area contributed by atoms with Crippen LogP contribution in [0.25, 0.3) is 0 Å². The van der Waals surface area contributed by atoms with Gasteiger partial charge in [0.15, 0.2) is 0 Å². The second-order valence-corrected chi connectivity index (χ2v) is 6.47. The molecule has 1 aliphatic rings. The van der Waals surface area contributed by atoms with Gasteiger partial charge in [0.1, 0.15) is 0 Å². The van der Waals surface area contributed by atoms with Crippen molar-refractivity contribution >= 4 is 5.97 Å². The first kappa shape index (κ1) is 18.7. The van der Waals surface area contributed by atoms with Gasteiger partial charge in [0.25, 0.3) is 0 Å². The Balaban J connectivity index is 0.000000239. The normalized spacial score (nSPS) is 18.0.